The summed E-state index contributed by atoms with van der Waals surface area (Å²) >= 11 is 0. The van der Waals surface area contributed by atoms with Gasteiger partial charge >= 0.3 is 0 Å². The van der Waals surface area contributed by atoms with Crippen molar-refractivity contribution >= 4 is 17.1 Å². The number of nitrogens with one attached hydrogen (secondary N) is 1. The molecule has 1 aliphatic rings. The van der Waals surface area contributed by atoms with Gasteiger partial charge in [-0.3, -0.25) is 9.89 Å². The van der Waals surface area contributed by atoms with Crippen LogP contribution >= 0.6 is 0 Å². The van der Waals surface area contributed by atoms with Gasteiger partial charge in [0.15, 0.2) is 23.8 Å². The van der Waals surface area contributed by atoms with Crippen LogP contribution in [0.2, 0.25) is 0 Å². The first kappa shape index (κ1) is 16.4. The molecule has 3 heterocycles. The zero-order chi connectivity index (χ0) is 17.9. The zero-order valence-corrected chi connectivity index (χ0v) is 14.1. The number of fused-ring (bicyclic) bond motifs is 1. The average Bonchev–Trinajstić information content (AvgIpc) is 3.11. The minimum absolute atomic E-state index is 0.0873. The minimum Gasteiger partial charge on any atom is -0.481 e. The summed E-state index contributed by atoms with van der Waals surface area (Å²) in [5.74, 6) is -0.431. The monoisotopic (exact) mass is 355 g/mol. The number of aromatic amines is 1. The van der Waals surface area contributed by atoms with E-state index in [1.807, 2.05) is 0 Å². The van der Waals surface area contributed by atoms with Crippen molar-refractivity contribution < 1.29 is 13.9 Å². The summed E-state index contributed by atoms with van der Waals surface area (Å²) in [6.07, 6.45) is 5.04. The number of aromatic nitrogens is 4. The Morgan fingerprint density at radius 2 is 2.15 bits per heavy atom. The third-order valence-electron chi connectivity index (χ3n) is 4.59. The van der Waals surface area contributed by atoms with Crippen molar-refractivity contribution in [3.63, 3.8) is 0 Å². The van der Waals surface area contributed by atoms with Gasteiger partial charge in [-0.25, -0.2) is 14.4 Å². The number of likely N-dealkylation sites (tertiary alicyclic amines) is 1. The summed E-state index contributed by atoms with van der Waals surface area (Å²) in [4.78, 5) is 22.8. The van der Waals surface area contributed by atoms with Crippen molar-refractivity contribution in [2.45, 2.75) is 18.8 Å². The lowest BCUT2D eigenvalue weighted by atomic mass is 9.94. The summed E-state index contributed by atoms with van der Waals surface area (Å²) in [5.41, 5.74) is 2.23. The Balaban J connectivity index is 1.43. The molecule has 4 rings (SSSR count). The lowest BCUT2D eigenvalue weighted by Crippen LogP contribution is -2.41. The number of benzene rings is 1. The van der Waals surface area contributed by atoms with Crippen molar-refractivity contribution in [1.29, 1.82) is 0 Å². The van der Waals surface area contributed by atoms with E-state index in [4.69, 9.17) is 4.74 Å². The van der Waals surface area contributed by atoms with Gasteiger partial charge in [0.2, 0.25) is 0 Å². The number of hydrogen-bond acceptors (Lipinski definition) is 5. The van der Waals surface area contributed by atoms with Crippen molar-refractivity contribution in [3.8, 4) is 5.75 Å². The Morgan fingerprint density at radius 3 is 3.04 bits per heavy atom. The average molecular weight is 355 g/mol. The third-order valence-corrected chi connectivity index (χ3v) is 4.59. The molecule has 26 heavy (non-hydrogen) atoms. The van der Waals surface area contributed by atoms with E-state index in [9.17, 15) is 9.18 Å². The van der Waals surface area contributed by atoms with Crippen molar-refractivity contribution in [2.24, 2.45) is 0 Å². The van der Waals surface area contributed by atoms with E-state index in [0.717, 1.165) is 24.1 Å². The quantitative estimate of drug-likeness (QED) is 0.776. The summed E-state index contributed by atoms with van der Waals surface area (Å²) in [6.45, 7) is 1.03. The van der Waals surface area contributed by atoms with E-state index in [1.165, 1.54) is 12.1 Å². The Bertz CT molecular complexity index is 929. The maximum atomic E-state index is 13.6. The number of piperidine rings is 1. The van der Waals surface area contributed by atoms with E-state index < -0.39 is 5.82 Å². The van der Waals surface area contributed by atoms with E-state index in [2.05, 4.69) is 20.2 Å². The molecule has 0 bridgehead atoms. The molecule has 1 aliphatic heterocycles. The normalized spacial score (nSPS) is 17.4. The highest BCUT2D eigenvalue weighted by molar-refractivity contribution is 5.78. The predicted molar refractivity (Wildman–Crippen MR) is 92.1 cm³/mol. The molecule has 8 heteroatoms. The lowest BCUT2D eigenvalue weighted by Gasteiger charge is -2.32. The van der Waals surface area contributed by atoms with Gasteiger partial charge in [-0.05, 0) is 25.0 Å². The smallest absolute Gasteiger partial charge is 0.260 e. The number of carbonyl (C=O) groups excluding carboxylic acids is 1. The number of halogens is 1. The SMILES string of the molecule is O=C(COc1ccccc1F)N1CCCC(c2[nH]nc3nccnc23)C1. The van der Waals surface area contributed by atoms with Crippen LogP contribution in [0.3, 0.4) is 0 Å². The molecule has 7 nitrogen and oxygen atoms in total. The standard InChI is InChI=1S/C18H18FN5O2/c19-13-5-1-2-6-14(13)26-11-15(25)24-9-3-4-12(10-24)16-17-18(23-22-16)21-8-7-20-17/h1-2,5-8,12H,3-4,9-11H2,(H,21,22,23). The summed E-state index contributed by atoms with van der Waals surface area (Å²) < 4.78 is 18.9. The number of carbonyl (C=O) groups is 1. The van der Waals surface area contributed by atoms with E-state index in [-0.39, 0.29) is 24.2 Å². The lowest BCUT2D eigenvalue weighted by molar-refractivity contribution is -0.134. The number of nitrogens with zero attached hydrogens (tertiary/aromatic N) is 4. The van der Waals surface area contributed by atoms with Crippen LogP contribution in [0, 0.1) is 5.82 Å². The number of ether oxygens (including phenoxy) is 1. The molecule has 0 spiro atoms. The molecule has 134 valence electrons. The van der Waals surface area contributed by atoms with Gasteiger partial charge in [0.25, 0.3) is 5.91 Å². The van der Waals surface area contributed by atoms with Crippen LogP contribution in [0.15, 0.2) is 36.7 Å². The van der Waals surface area contributed by atoms with E-state index in [0.29, 0.717) is 18.7 Å². The maximum absolute atomic E-state index is 13.6. The molecule has 1 fully saturated rings. The molecule has 1 atom stereocenters. The molecule has 1 N–H and O–H groups in total. The largest absolute Gasteiger partial charge is 0.481 e. The van der Waals surface area contributed by atoms with Crippen LogP contribution in [0.25, 0.3) is 11.2 Å². The van der Waals surface area contributed by atoms with Crippen LogP contribution in [-0.4, -0.2) is 50.7 Å². The van der Waals surface area contributed by atoms with Crippen LogP contribution < -0.4 is 4.74 Å². The molecule has 1 unspecified atom stereocenters. The van der Waals surface area contributed by atoms with E-state index >= 15 is 0 Å². The highest BCUT2D eigenvalue weighted by Crippen LogP contribution is 2.29. The van der Waals surface area contributed by atoms with Crippen LogP contribution in [0.1, 0.15) is 24.5 Å². The maximum Gasteiger partial charge on any atom is 0.260 e. The van der Waals surface area contributed by atoms with E-state index in [1.54, 1.807) is 29.4 Å². The highest BCUT2D eigenvalue weighted by Gasteiger charge is 2.28. The molecular formula is C18H18FN5O2. The summed E-state index contributed by atoms with van der Waals surface area (Å²) in [7, 11) is 0. The van der Waals surface area contributed by atoms with Crippen LogP contribution in [0.5, 0.6) is 5.75 Å². The van der Waals surface area contributed by atoms with Crippen molar-refractivity contribution in [3.05, 3.63) is 48.2 Å². The van der Waals surface area contributed by atoms with Gasteiger partial charge in [-0.2, -0.15) is 5.10 Å². The number of rotatable bonds is 4. The summed E-state index contributed by atoms with van der Waals surface area (Å²) in [5, 5.41) is 7.20. The molecule has 1 saturated heterocycles. The fourth-order valence-corrected chi connectivity index (χ4v) is 3.29. The number of amides is 1. The first-order valence-electron chi connectivity index (χ1n) is 8.52. The minimum atomic E-state index is -0.473. The van der Waals surface area contributed by atoms with Crippen LogP contribution in [0.4, 0.5) is 4.39 Å². The Hall–Kier alpha value is -3.03. The Labute approximate surface area is 149 Å². The second kappa shape index (κ2) is 7.07. The van der Waals surface area contributed by atoms with Gasteiger partial charge in [0.1, 0.15) is 5.52 Å². The number of para-hydroxylation sites is 1. The first-order valence-corrected chi connectivity index (χ1v) is 8.52. The van der Waals surface area contributed by atoms with Crippen molar-refractivity contribution in [1.82, 2.24) is 25.1 Å². The number of hydrogen-bond donors (Lipinski definition) is 1. The molecule has 1 amide bonds. The summed E-state index contributed by atoms with van der Waals surface area (Å²) in [6, 6.07) is 6.07. The second-order valence-electron chi connectivity index (χ2n) is 6.26. The molecule has 0 saturated carbocycles. The Morgan fingerprint density at radius 1 is 1.31 bits per heavy atom. The predicted octanol–water partition coefficient (Wildman–Crippen LogP) is 2.28. The molecule has 0 aliphatic carbocycles. The molecule has 2 aromatic heterocycles. The van der Waals surface area contributed by atoms with Crippen LogP contribution in [-0.2, 0) is 4.79 Å². The zero-order valence-electron chi connectivity index (χ0n) is 14.1. The second-order valence-corrected chi connectivity index (χ2v) is 6.26. The van der Waals surface area contributed by atoms with Gasteiger partial charge in [0.05, 0.1) is 5.69 Å². The first-order chi connectivity index (χ1) is 12.7. The molecule has 0 radical (unpaired) electrons. The van der Waals surface area contributed by atoms with Crippen molar-refractivity contribution in [2.75, 3.05) is 19.7 Å². The molecule has 1 aromatic carbocycles. The van der Waals surface area contributed by atoms with Gasteiger partial charge in [-0.15, -0.1) is 0 Å². The fraction of sp³-hybridized carbons (Fsp3) is 0.333. The highest BCUT2D eigenvalue weighted by atomic mass is 19.1. The molecular weight excluding hydrogens is 337 g/mol. The van der Waals surface area contributed by atoms with Gasteiger partial charge in [-0.1, -0.05) is 12.1 Å². The number of H-pyrrole nitrogens is 1. The molecule has 3 aromatic rings. The third kappa shape index (κ3) is 3.22. The van der Waals surface area contributed by atoms with Gasteiger partial charge < -0.3 is 9.64 Å². The van der Waals surface area contributed by atoms with Gasteiger partial charge in [0, 0.05) is 31.4 Å². The topological polar surface area (TPSA) is 84.0 Å². The fourth-order valence-electron chi connectivity index (χ4n) is 3.29. The Kier molecular flexibility index (Phi) is 4.47.